The van der Waals surface area contributed by atoms with Crippen LogP contribution < -0.4 is 5.43 Å². The van der Waals surface area contributed by atoms with Crippen LogP contribution in [0.4, 0.5) is 4.79 Å². The van der Waals surface area contributed by atoms with Crippen LogP contribution in [0.3, 0.4) is 0 Å². The van der Waals surface area contributed by atoms with Gasteiger partial charge in [0.15, 0.2) is 0 Å². The van der Waals surface area contributed by atoms with Crippen molar-refractivity contribution in [2.75, 3.05) is 31.6 Å². The fraction of sp³-hybridized carbons (Fsp3) is 0.560. The summed E-state index contributed by atoms with van der Waals surface area (Å²) in [4.78, 5) is 17.5. The van der Waals surface area contributed by atoms with Gasteiger partial charge in [0.2, 0.25) is 0 Å². The first kappa shape index (κ1) is 19.7. The highest BCUT2D eigenvalue weighted by Crippen LogP contribution is 2.46. The van der Waals surface area contributed by atoms with Crippen LogP contribution in [0, 0.1) is 5.92 Å². The van der Waals surface area contributed by atoms with Gasteiger partial charge in [-0.2, -0.15) is 0 Å². The summed E-state index contributed by atoms with van der Waals surface area (Å²) in [5, 5.41) is 1.35. The van der Waals surface area contributed by atoms with E-state index in [1.165, 1.54) is 55.3 Å². The van der Waals surface area contributed by atoms with Crippen molar-refractivity contribution in [3.63, 3.8) is 0 Å². The van der Waals surface area contributed by atoms with Crippen molar-refractivity contribution < 1.29 is 4.79 Å². The van der Waals surface area contributed by atoms with Crippen LogP contribution in [-0.2, 0) is 6.42 Å². The molecule has 5 rings (SSSR count). The zero-order valence-electron chi connectivity index (χ0n) is 18.4. The molecule has 1 aliphatic heterocycles. The maximum Gasteiger partial charge on any atom is 0.336 e. The molecule has 0 radical (unpaired) electrons. The van der Waals surface area contributed by atoms with Crippen LogP contribution in [0.1, 0.15) is 62.3 Å². The van der Waals surface area contributed by atoms with Crippen LogP contribution in [-0.4, -0.2) is 52.7 Å². The second-order valence-electron chi connectivity index (χ2n) is 9.19. The molecule has 2 aromatic rings. The largest absolute Gasteiger partial charge is 0.336 e. The highest BCUT2D eigenvalue weighted by molar-refractivity contribution is 5.95. The third-order valence-electron chi connectivity index (χ3n) is 7.52. The van der Waals surface area contributed by atoms with Crippen molar-refractivity contribution in [2.45, 2.75) is 57.9 Å². The molecule has 0 bridgehead atoms. The predicted molar refractivity (Wildman–Crippen MR) is 123 cm³/mol. The van der Waals surface area contributed by atoms with Gasteiger partial charge in [-0.15, -0.1) is 0 Å². The molecule has 2 amide bonds. The molecule has 1 saturated heterocycles. The standard InChI is InChI=1S/C25H34N4O/c1-4-21-20-15-23-18(10-8-14-28(23)16-17-12-13-17)19-9-7-11-22(24(19)20)29(21)26-25(30)27(5-2)6-3/h4,7,9,11,17-18,23H,1,5-6,8,10,12-16H2,2-3H3,(H,26,30)/t18-,23-/m1/s1. The molecule has 1 aromatic carbocycles. The molecule has 5 heteroatoms. The number of nitrogens with zero attached hydrogens (tertiary/aromatic N) is 3. The number of nitrogens with one attached hydrogen (secondary N) is 1. The van der Waals surface area contributed by atoms with E-state index in [4.69, 9.17) is 0 Å². The van der Waals surface area contributed by atoms with Gasteiger partial charge in [-0.25, -0.2) is 10.2 Å². The number of carbonyl (C=O) groups excluding carboxylic acids is 1. The summed E-state index contributed by atoms with van der Waals surface area (Å²) in [6, 6.07) is 7.15. The van der Waals surface area contributed by atoms with Crippen molar-refractivity contribution in [1.29, 1.82) is 0 Å². The molecule has 2 heterocycles. The fourth-order valence-electron chi connectivity index (χ4n) is 5.82. The lowest BCUT2D eigenvalue weighted by Gasteiger charge is -2.44. The Morgan fingerprint density at radius 2 is 2.07 bits per heavy atom. The molecule has 160 valence electrons. The first-order valence-electron chi connectivity index (χ1n) is 11.7. The Labute approximate surface area is 179 Å². The summed E-state index contributed by atoms with van der Waals surface area (Å²) in [5.41, 5.74) is 8.16. The van der Waals surface area contributed by atoms with E-state index in [1.54, 1.807) is 0 Å². The van der Waals surface area contributed by atoms with Crippen LogP contribution in [0.15, 0.2) is 24.8 Å². The van der Waals surface area contributed by atoms with Gasteiger partial charge in [0.05, 0.1) is 11.2 Å². The Morgan fingerprint density at radius 1 is 1.27 bits per heavy atom. The van der Waals surface area contributed by atoms with Gasteiger partial charge in [0, 0.05) is 37.0 Å². The number of urea groups is 1. The van der Waals surface area contributed by atoms with E-state index in [1.807, 2.05) is 29.5 Å². The van der Waals surface area contributed by atoms with E-state index in [0.29, 0.717) is 25.0 Å². The number of fused-ring (bicyclic) bond motifs is 2. The number of piperidine rings is 1. The van der Waals surface area contributed by atoms with E-state index < -0.39 is 0 Å². The van der Waals surface area contributed by atoms with Crippen LogP contribution >= 0.6 is 0 Å². The van der Waals surface area contributed by atoms with Gasteiger partial charge in [-0.1, -0.05) is 18.7 Å². The van der Waals surface area contributed by atoms with E-state index in [9.17, 15) is 4.79 Å². The Kier molecular flexibility index (Phi) is 5.10. The molecule has 1 N–H and O–H groups in total. The number of carbonyl (C=O) groups is 1. The number of rotatable bonds is 6. The highest BCUT2D eigenvalue weighted by atomic mass is 16.2. The molecular weight excluding hydrogens is 372 g/mol. The number of likely N-dealkylation sites (tertiary alicyclic amines) is 1. The predicted octanol–water partition coefficient (Wildman–Crippen LogP) is 4.80. The fourth-order valence-corrected chi connectivity index (χ4v) is 5.82. The summed E-state index contributed by atoms with van der Waals surface area (Å²) >= 11 is 0. The summed E-state index contributed by atoms with van der Waals surface area (Å²) in [6.07, 6.45) is 8.34. The van der Waals surface area contributed by atoms with E-state index in [2.05, 4.69) is 35.1 Å². The summed E-state index contributed by atoms with van der Waals surface area (Å²) in [5.74, 6) is 1.51. The molecule has 2 aliphatic carbocycles. The van der Waals surface area contributed by atoms with Gasteiger partial charge in [-0.05, 0) is 81.7 Å². The Bertz CT molecular complexity index is 969. The average molecular weight is 407 g/mol. The molecule has 3 aliphatic rings. The second kappa shape index (κ2) is 7.77. The van der Waals surface area contributed by atoms with Gasteiger partial charge in [0.1, 0.15) is 0 Å². The topological polar surface area (TPSA) is 40.5 Å². The van der Waals surface area contributed by atoms with Crippen molar-refractivity contribution in [2.24, 2.45) is 5.92 Å². The molecule has 5 nitrogen and oxygen atoms in total. The first-order valence-corrected chi connectivity index (χ1v) is 11.7. The number of amides is 2. The zero-order valence-corrected chi connectivity index (χ0v) is 18.4. The van der Waals surface area contributed by atoms with E-state index in [-0.39, 0.29) is 6.03 Å². The minimum atomic E-state index is -0.0519. The van der Waals surface area contributed by atoms with Gasteiger partial charge in [-0.3, -0.25) is 9.58 Å². The Hall–Kier alpha value is -2.27. The monoisotopic (exact) mass is 406 g/mol. The zero-order chi connectivity index (χ0) is 20.8. The Morgan fingerprint density at radius 3 is 2.77 bits per heavy atom. The van der Waals surface area contributed by atoms with Crippen molar-refractivity contribution >= 4 is 23.0 Å². The lowest BCUT2D eigenvalue weighted by Crippen LogP contribution is -2.47. The van der Waals surface area contributed by atoms with Crippen LogP contribution in [0.2, 0.25) is 0 Å². The third-order valence-corrected chi connectivity index (χ3v) is 7.52. The number of aromatic nitrogens is 1. The third kappa shape index (κ3) is 3.15. The summed E-state index contributed by atoms with van der Waals surface area (Å²) < 4.78 is 1.99. The number of hydrogen-bond donors (Lipinski definition) is 1. The molecule has 1 aromatic heterocycles. The number of benzene rings is 1. The van der Waals surface area contributed by atoms with Gasteiger partial charge < -0.3 is 4.90 Å². The molecule has 0 spiro atoms. The second-order valence-corrected chi connectivity index (χ2v) is 9.19. The lowest BCUT2D eigenvalue weighted by molar-refractivity contribution is 0.118. The van der Waals surface area contributed by atoms with Gasteiger partial charge in [0.25, 0.3) is 0 Å². The van der Waals surface area contributed by atoms with Crippen LogP contribution in [0.25, 0.3) is 17.0 Å². The molecule has 2 atom stereocenters. The highest BCUT2D eigenvalue weighted by Gasteiger charge is 2.40. The summed E-state index contributed by atoms with van der Waals surface area (Å²) in [6.45, 7) is 12.0. The normalized spacial score (nSPS) is 23.3. The van der Waals surface area contributed by atoms with Crippen molar-refractivity contribution in [1.82, 2.24) is 14.5 Å². The Balaban J connectivity index is 1.58. The SMILES string of the molecule is C=Cc1c2c3c(cccc3n1NC(=O)N(CC)CC)[C@H]1CCCN(CC3CC3)[C@@H]1C2. The van der Waals surface area contributed by atoms with Crippen molar-refractivity contribution in [3.05, 3.63) is 41.6 Å². The number of hydrogen-bond acceptors (Lipinski definition) is 2. The molecule has 2 fully saturated rings. The molecule has 0 unspecified atom stereocenters. The maximum absolute atomic E-state index is 12.9. The molecule has 30 heavy (non-hydrogen) atoms. The maximum atomic E-state index is 12.9. The van der Waals surface area contributed by atoms with E-state index >= 15 is 0 Å². The smallest absolute Gasteiger partial charge is 0.324 e. The van der Waals surface area contributed by atoms with Gasteiger partial charge >= 0.3 is 6.03 Å². The van der Waals surface area contributed by atoms with Crippen LogP contribution in [0.5, 0.6) is 0 Å². The lowest BCUT2D eigenvalue weighted by atomic mass is 9.74. The molecular formula is C25H34N4O. The van der Waals surface area contributed by atoms with E-state index in [0.717, 1.165) is 23.5 Å². The first-order chi connectivity index (χ1) is 14.7. The molecule has 1 saturated carbocycles. The quantitative estimate of drug-likeness (QED) is 0.748. The summed E-state index contributed by atoms with van der Waals surface area (Å²) in [7, 11) is 0. The van der Waals surface area contributed by atoms with Crippen molar-refractivity contribution in [3.8, 4) is 0 Å². The minimum absolute atomic E-state index is 0.0519. The minimum Gasteiger partial charge on any atom is -0.324 e. The average Bonchev–Trinajstić information content (AvgIpc) is 3.53.